The molecule has 2 aromatic rings. The summed E-state index contributed by atoms with van der Waals surface area (Å²) in [6, 6.07) is 12.9. The maximum Gasteiger partial charge on any atom is 0.0962 e. The molecule has 19 heavy (non-hydrogen) atoms. The number of hydrogen-bond donors (Lipinski definition) is 2. The molecule has 2 aromatic carbocycles. The monoisotopic (exact) mass is 359 g/mol. The van der Waals surface area contributed by atoms with Crippen LogP contribution in [0.15, 0.2) is 46.9 Å². The van der Waals surface area contributed by atoms with Crippen molar-refractivity contribution in [2.75, 3.05) is 11.9 Å². The molecule has 0 saturated heterocycles. The number of anilines is 1. The predicted octanol–water partition coefficient (Wildman–Crippen LogP) is 4.90. The molecule has 1 unspecified atom stereocenters. The van der Waals surface area contributed by atoms with Crippen molar-refractivity contribution in [1.82, 2.24) is 0 Å². The molecule has 2 nitrogen and oxygen atoms in total. The number of hydrogen-bond acceptors (Lipinski definition) is 2. The summed E-state index contributed by atoms with van der Waals surface area (Å²) in [6.45, 7) is 0.397. The van der Waals surface area contributed by atoms with Crippen molar-refractivity contribution in [2.24, 2.45) is 0 Å². The van der Waals surface area contributed by atoms with Gasteiger partial charge in [0.25, 0.3) is 0 Å². The molecular formula is C14H12BrCl2NO. The third-order valence-electron chi connectivity index (χ3n) is 2.65. The fourth-order valence-electron chi connectivity index (χ4n) is 1.65. The second-order valence-electron chi connectivity index (χ2n) is 4.08. The molecule has 100 valence electrons. The standard InChI is InChI=1S/C14H12BrCl2NO/c15-10-3-1-2-9(6-10)14(19)8-18-11-4-5-12(16)13(17)7-11/h1-7,14,18-19H,8H2. The average Bonchev–Trinajstić information content (AvgIpc) is 2.40. The van der Waals surface area contributed by atoms with E-state index in [0.717, 1.165) is 15.7 Å². The molecule has 1 atom stereocenters. The molecule has 0 spiro atoms. The zero-order valence-corrected chi connectivity index (χ0v) is 13.0. The van der Waals surface area contributed by atoms with Gasteiger partial charge in [-0.25, -0.2) is 0 Å². The minimum atomic E-state index is -0.591. The van der Waals surface area contributed by atoms with E-state index in [1.807, 2.05) is 30.3 Å². The lowest BCUT2D eigenvalue weighted by Gasteiger charge is -2.14. The molecule has 0 aliphatic carbocycles. The summed E-state index contributed by atoms with van der Waals surface area (Å²) in [5.41, 5.74) is 1.67. The van der Waals surface area contributed by atoms with Gasteiger partial charge in [-0.1, -0.05) is 51.3 Å². The lowest BCUT2D eigenvalue weighted by atomic mass is 10.1. The highest BCUT2D eigenvalue weighted by molar-refractivity contribution is 9.10. The lowest BCUT2D eigenvalue weighted by molar-refractivity contribution is 0.191. The number of benzene rings is 2. The van der Waals surface area contributed by atoms with Gasteiger partial charge in [-0.3, -0.25) is 0 Å². The molecule has 0 saturated carbocycles. The third-order valence-corrected chi connectivity index (χ3v) is 3.88. The van der Waals surface area contributed by atoms with Gasteiger partial charge in [-0.15, -0.1) is 0 Å². The fraction of sp³-hybridized carbons (Fsp3) is 0.143. The summed E-state index contributed by atoms with van der Waals surface area (Å²) >= 11 is 15.1. The van der Waals surface area contributed by atoms with Crippen molar-refractivity contribution >= 4 is 44.8 Å². The van der Waals surface area contributed by atoms with Crippen molar-refractivity contribution in [3.8, 4) is 0 Å². The Hall–Kier alpha value is -0.740. The first-order valence-electron chi connectivity index (χ1n) is 5.69. The third kappa shape index (κ3) is 4.11. The molecule has 0 heterocycles. The molecule has 0 amide bonds. The molecule has 0 fully saturated rings. The highest BCUT2D eigenvalue weighted by Crippen LogP contribution is 2.25. The van der Waals surface area contributed by atoms with Crippen LogP contribution >= 0.6 is 39.1 Å². The molecule has 2 rings (SSSR count). The van der Waals surface area contributed by atoms with E-state index in [1.54, 1.807) is 12.1 Å². The fourth-order valence-corrected chi connectivity index (χ4v) is 2.37. The largest absolute Gasteiger partial charge is 0.387 e. The normalized spacial score (nSPS) is 12.2. The molecule has 5 heteroatoms. The summed E-state index contributed by atoms with van der Waals surface area (Å²) in [7, 11) is 0. The van der Waals surface area contributed by atoms with E-state index >= 15 is 0 Å². The first-order chi connectivity index (χ1) is 9.06. The smallest absolute Gasteiger partial charge is 0.0962 e. The number of rotatable bonds is 4. The minimum Gasteiger partial charge on any atom is -0.387 e. The zero-order valence-electron chi connectivity index (χ0n) is 9.91. The van der Waals surface area contributed by atoms with Crippen LogP contribution in [0, 0.1) is 0 Å². The van der Waals surface area contributed by atoms with Crippen LogP contribution in [-0.4, -0.2) is 11.7 Å². The quantitative estimate of drug-likeness (QED) is 0.812. The van der Waals surface area contributed by atoms with E-state index in [4.69, 9.17) is 23.2 Å². The van der Waals surface area contributed by atoms with Gasteiger partial charge >= 0.3 is 0 Å². The SMILES string of the molecule is OC(CNc1ccc(Cl)c(Cl)c1)c1cccc(Br)c1. The van der Waals surface area contributed by atoms with Crippen LogP contribution in [0.1, 0.15) is 11.7 Å². The van der Waals surface area contributed by atoms with E-state index < -0.39 is 6.10 Å². The second kappa shape index (κ2) is 6.62. The lowest BCUT2D eigenvalue weighted by Crippen LogP contribution is -2.12. The van der Waals surface area contributed by atoms with Crippen molar-refractivity contribution in [1.29, 1.82) is 0 Å². The Morgan fingerprint density at radius 1 is 1.11 bits per heavy atom. The highest BCUT2D eigenvalue weighted by Gasteiger charge is 2.08. The van der Waals surface area contributed by atoms with Crippen LogP contribution in [-0.2, 0) is 0 Å². The van der Waals surface area contributed by atoms with Gasteiger partial charge in [0, 0.05) is 16.7 Å². The number of aliphatic hydroxyl groups excluding tert-OH is 1. The number of halogens is 3. The van der Waals surface area contributed by atoms with Gasteiger partial charge < -0.3 is 10.4 Å². The van der Waals surface area contributed by atoms with E-state index in [9.17, 15) is 5.11 Å². The Morgan fingerprint density at radius 2 is 1.89 bits per heavy atom. The summed E-state index contributed by atoms with van der Waals surface area (Å²) in [5.74, 6) is 0. The molecular weight excluding hydrogens is 349 g/mol. The van der Waals surface area contributed by atoms with Crippen LogP contribution in [0.25, 0.3) is 0 Å². The predicted molar refractivity (Wildman–Crippen MR) is 84.1 cm³/mol. The van der Waals surface area contributed by atoms with Gasteiger partial charge in [-0.2, -0.15) is 0 Å². The molecule has 0 aliphatic heterocycles. The van der Waals surface area contributed by atoms with Crippen LogP contribution in [0.3, 0.4) is 0 Å². The topological polar surface area (TPSA) is 32.3 Å². The second-order valence-corrected chi connectivity index (χ2v) is 5.81. The molecule has 0 aromatic heterocycles. The summed E-state index contributed by atoms with van der Waals surface area (Å²) in [5, 5.41) is 14.2. The first kappa shape index (κ1) is 14.7. The number of aliphatic hydroxyl groups is 1. The average molecular weight is 361 g/mol. The summed E-state index contributed by atoms with van der Waals surface area (Å²) in [6.07, 6.45) is -0.591. The van der Waals surface area contributed by atoms with Crippen molar-refractivity contribution in [3.05, 3.63) is 62.5 Å². The molecule has 0 radical (unpaired) electrons. The van der Waals surface area contributed by atoms with Crippen molar-refractivity contribution < 1.29 is 5.11 Å². The highest BCUT2D eigenvalue weighted by atomic mass is 79.9. The van der Waals surface area contributed by atoms with Gasteiger partial charge in [-0.05, 0) is 35.9 Å². The minimum absolute atomic E-state index is 0.397. The molecule has 0 aliphatic rings. The summed E-state index contributed by atoms with van der Waals surface area (Å²) in [4.78, 5) is 0. The van der Waals surface area contributed by atoms with Gasteiger partial charge in [0.2, 0.25) is 0 Å². The number of nitrogens with one attached hydrogen (secondary N) is 1. The summed E-state index contributed by atoms with van der Waals surface area (Å²) < 4.78 is 0.943. The Bertz CT molecular complexity index is 577. The van der Waals surface area contributed by atoms with E-state index in [1.165, 1.54) is 0 Å². The van der Waals surface area contributed by atoms with Crippen LogP contribution in [0.5, 0.6) is 0 Å². The Labute approximate surface area is 130 Å². The Morgan fingerprint density at radius 3 is 2.58 bits per heavy atom. The zero-order chi connectivity index (χ0) is 13.8. The van der Waals surface area contributed by atoms with E-state index in [2.05, 4.69) is 21.2 Å². The van der Waals surface area contributed by atoms with E-state index in [0.29, 0.717) is 16.6 Å². The van der Waals surface area contributed by atoms with Crippen molar-refractivity contribution in [2.45, 2.75) is 6.10 Å². The molecule has 2 N–H and O–H groups in total. The maximum absolute atomic E-state index is 10.1. The van der Waals surface area contributed by atoms with Crippen LogP contribution < -0.4 is 5.32 Å². The van der Waals surface area contributed by atoms with Gasteiger partial charge in [0.1, 0.15) is 0 Å². The van der Waals surface area contributed by atoms with E-state index in [-0.39, 0.29) is 0 Å². The van der Waals surface area contributed by atoms with Crippen LogP contribution in [0.2, 0.25) is 10.0 Å². The Kier molecular flexibility index (Phi) is 5.11. The maximum atomic E-state index is 10.1. The first-order valence-corrected chi connectivity index (χ1v) is 7.23. The Balaban J connectivity index is 2.00. The molecule has 0 bridgehead atoms. The van der Waals surface area contributed by atoms with Gasteiger partial charge in [0.15, 0.2) is 0 Å². The van der Waals surface area contributed by atoms with Crippen molar-refractivity contribution in [3.63, 3.8) is 0 Å². The van der Waals surface area contributed by atoms with Crippen LogP contribution in [0.4, 0.5) is 5.69 Å². The van der Waals surface area contributed by atoms with Gasteiger partial charge in [0.05, 0.1) is 16.1 Å².